The molecule has 17 nitrogen and oxygen atoms in total. The summed E-state index contributed by atoms with van der Waals surface area (Å²) in [7, 11) is -9.91. The van der Waals surface area contributed by atoms with Crippen LogP contribution in [0.5, 0.6) is 0 Å². The van der Waals surface area contributed by atoms with Gasteiger partial charge in [0.05, 0.1) is 26.4 Å². The molecule has 95 heavy (non-hydrogen) atoms. The van der Waals surface area contributed by atoms with Gasteiger partial charge in [0.25, 0.3) is 0 Å². The van der Waals surface area contributed by atoms with Crippen LogP contribution in [0.1, 0.15) is 389 Å². The molecule has 0 aliphatic rings. The van der Waals surface area contributed by atoms with Gasteiger partial charge in [0, 0.05) is 25.7 Å². The molecule has 19 heteroatoms. The molecule has 0 rings (SSSR count). The average molecular weight is 1400 g/mol. The number of carbonyl (C=O) groups is 4. The largest absolute Gasteiger partial charge is 0.472 e. The van der Waals surface area contributed by atoms with Crippen LogP contribution in [0.3, 0.4) is 0 Å². The number of rotatable bonds is 74. The van der Waals surface area contributed by atoms with Crippen molar-refractivity contribution in [3.63, 3.8) is 0 Å². The lowest BCUT2D eigenvalue weighted by molar-refractivity contribution is -0.161. The minimum Gasteiger partial charge on any atom is -0.462 e. The van der Waals surface area contributed by atoms with Crippen LogP contribution in [0.2, 0.25) is 0 Å². The van der Waals surface area contributed by atoms with Gasteiger partial charge in [-0.05, 0) is 43.4 Å². The summed E-state index contributed by atoms with van der Waals surface area (Å²) in [5, 5.41) is 10.6. The molecule has 0 bridgehead atoms. The van der Waals surface area contributed by atoms with Gasteiger partial charge in [-0.25, -0.2) is 9.13 Å². The molecule has 0 radical (unpaired) electrons. The van der Waals surface area contributed by atoms with Crippen LogP contribution < -0.4 is 0 Å². The van der Waals surface area contributed by atoms with Crippen molar-refractivity contribution >= 4 is 39.5 Å². The van der Waals surface area contributed by atoms with Gasteiger partial charge in [-0.1, -0.05) is 337 Å². The van der Waals surface area contributed by atoms with Crippen LogP contribution in [-0.2, 0) is 65.4 Å². The van der Waals surface area contributed by atoms with E-state index >= 15 is 0 Å². The van der Waals surface area contributed by atoms with Crippen molar-refractivity contribution in [2.75, 3.05) is 39.6 Å². The van der Waals surface area contributed by atoms with Crippen molar-refractivity contribution in [2.45, 2.75) is 407 Å². The molecule has 564 valence electrons. The summed E-state index contributed by atoms with van der Waals surface area (Å²) in [5.74, 6) is 0.0820. The van der Waals surface area contributed by atoms with E-state index in [-0.39, 0.29) is 25.7 Å². The monoisotopic (exact) mass is 1400 g/mol. The summed E-state index contributed by atoms with van der Waals surface area (Å²) in [4.78, 5) is 72.8. The molecule has 0 spiro atoms. The van der Waals surface area contributed by atoms with E-state index in [0.717, 1.165) is 108 Å². The predicted octanol–water partition coefficient (Wildman–Crippen LogP) is 22.2. The predicted molar refractivity (Wildman–Crippen MR) is 386 cm³/mol. The van der Waals surface area contributed by atoms with E-state index in [2.05, 4.69) is 48.5 Å². The first-order valence-corrected chi connectivity index (χ1v) is 42.3. The molecule has 0 aliphatic heterocycles. The molecule has 0 heterocycles. The van der Waals surface area contributed by atoms with Crippen molar-refractivity contribution in [1.82, 2.24) is 0 Å². The lowest BCUT2D eigenvalue weighted by Crippen LogP contribution is -2.30. The fourth-order valence-corrected chi connectivity index (χ4v) is 13.2. The Morgan fingerprint density at radius 3 is 0.716 bits per heavy atom. The summed E-state index contributed by atoms with van der Waals surface area (Å²) in [5.41, 5.74) is 0. The maximum Gasteiger partial charge on any atom is 0.472 e. The first-order valence-electron chi connectivity index (χ1n) is 39.3. The van der Waals surface area contributed by atoms with Gasteiger partial charge >= 0.3 is 39.5 Å². The van der Waals surface area contributed by atoms with Gasteiger partial charge in [0.1, 0.15) is 19.3 Å². The SMILES string of the molecule is CCCCCCCCCCCCCCCCCCCCCC(=O)O[C@H](COC(=O)CCCCCCCCCCCCCC(C)C)COP(=O)(O)OC[C@@H](O)COP(=O)(O)OC[C@@H](COC(=O)CCCCCCCCC(C)C)OC(=O)CCCCCCCCCCCCC(C)C. The molecule has 2 unspecified atom stereocenters. The number of esters is 4. The minimum atomic E-state index is -4.96. The fourth-order valence-electron chi connectivity index (χ4n) is 11.6. The summed E-state index contributed by atoms with van der Waals surface area (Å²) in [6.45, 7) is 11.8. The Bertz CT molecular complexity index is 1850. The number of aliphatic hydroxyl groups excluding tert-OH is 1. The molecule has 0 amide bonds. The molecule has 0 saturated heterocycles. The van der Waals surface area contributed by atoms with E-state index in [4.69, 9.17) is 37.0 Å². The third-order valence-electron chi connectivity index (χ3n) is 17.6. The maximum atomic E-state index is 13.1. The Balaban J connectivity index is 5.22. The summed E-state index contributed by atoms with van der Waals surface area (Å²) in [6, 6.07) is 0. The zero-order valence-corrected chi connectivity index (χ0v) is 63.9. The Labute approximate surface area is 581 Å². The number of aliphatic hydroxyl groups is 1. The molecule has 0 fully saturated rings. The molecule has 0 aromatic carbocycles. The number of ether oxygens (including phenoxy) is 4. The van der Waals surface area contributed by atoms with Crippen molar-refractivity contribution in [3.05, 3.63) is 0 Å². The highest BCUT2D eigenvalue weighted by Gasteiger charge is 2.30. The van der Waals surface area contributed by atoms with Gasteiger partial charge in [-0.15, -0.1) is 0 Å². The standard InChI is InChI=1S/C76H148O17P2/c1-8-9-10-11-12-13-14-15-16-17-18-19-20-21-24-31-36-45-52-59-75(80)92-71(63-86-73(78)57-50-43-35-30-25-22-23-28-33-40-47-54-67(2)3)65-90-94(82,83)88-61-70(77)62-89-95(84,85)91-66-72(64-87-74(79)58-51-44-39-38-42-49-56-69(6)7)93-76(81)60-53-46-37-32-27-26-29-34-41-48-55-68(4)5/h67-72,77H,8-66H2,1-7H3,(H,82,83)(H,84,85)/t70-,71-,72-/m1/s1. The highest BCUT2D eigenvalue weighted by Crippen LogP contribution is 2.45. The highest BCUT2D eigenvalue weighted by atomic mass is 31.2. The van der Waals surface area contributed by atoms with Gasteiger partial charge in [-0.2, -0.15) is 0 Å². The molecule has 5 atom stereocenters. The molecular formula is C76H148O17P2. The van der Waals surface area contributed by atoms with Crippen LogP contribution in [0.4, 0.5) is 0 Å². The Morgan fingerprint density at radius 1 is 0.284 bits per heavy atom. The molecule has 0 aromatic rings. The fraction of sp³-hybridized carbons (Fsp3) is 0.947. The van der Waals surface area contributed by atoms with Gasteiger partial charge in [0.2, 0.25) is 0 Å². The van der Waals surface area contributed by atoms with Crippen molar-refractivity contribution in [1.29, 1.82) is 0 Å². The van der Waals surface area contributed by atoms with Gasteiger partial charge in [-0.3, -0.25) is 37.3 Å². The van der Waals surface area contributed by atoms with E-state index in [9.17, 15) is 43.2 Å². The summed E-state index contributed by atoms with van der Waals surface area (Å²) in [6.07, 6.45) is 52.9. The Morgan fingerprint density at radius 2 is 0.484 bits per heavy atom. The number of phosphoric acid groups is 2. The van der Waals surface area contributed by atoms with E-state index < -0.39 is 97.5 Å². The quantitative estimate of drug-likeness (QED) is 0.0222. The lowest BCUT2D eigenvalue weighted by Gasteiger charge is -2.21. The second-order valence-corrected chi connectivity index (χ2v) is 31.7. The topological polar surface area (TPSA) is 237 Å². The van der Waals surface area contributed by atoms with E-state index in [1.54, 1.807) is 0 Å². The third-order valence-corrected chi connectivity index (χ3v) is 19.5. The van der Waals surface area contributed by atoms with Crippen LogP contribution in [-0.4, -0.2) is 96.7 Å². The van der Waals surface area contributed by atoms with E-state index in [1.807, 2.05) is 0 Å². The second kappa shape index (κ2) is 66.6. The summed E-state index contributed by atoms with van der Waals surface area (Å²) >= 11 is 0. The molecule has 0 aliphatic carbocycles. The van der Waals surface area contributed by atoms with E-state index in [0.29, 0.717) is 31.6 Å². The first kappa shape index (κ1) is 93.1. The number of unbranched alkanes of at least 4 members (excludes halogenated alkanes) is 42. The van der Waals surface area contributed by atoms with Crippen LogP contribution in [0, 0.1) is 17.8 Å². The molecule has 0 saturated carbocycles. The minimum absolute atomic E-state index is 0.105. The highest BCUT2D eigenvalue weighted by molar-refractivity contribution is 7.47. The Kier molecular flexibility index (Phi) is 65.2. The number of phosphoric ester groups is 2. The van der Waals surface area contributed by atoms with E-state index in [1.165, 1.54) is 193 Å². The number of hydrogen-bond donors (Lipinski definition) is 3. The molecular weight excluding hydrogens is 1250 g/mol. The third kappa shape index (κ3) is 70.3. The van der Waals surface area contributed by atoms with Crippen LogP contribution in [0.25, 0.3) is 0 Å². The van der Waals surface area contributed by atoms with Crippen LogP contribution >= 0.6 is 15.6 Å². The zero-order chi connectivity index (χ0) is 70.1. The van der Waals surface area contributed by atoms with Crippen molar-refractivity contribution < 1.29 is 80.2 Å². The van der Waals surface area contributed by atoms with Gasteiger partial charge < -0.3 is 33.8 Å². The zero-order valence-electron chi connectivity index (χ0n) is 62.1. The van der Waals surface area contributed by atoms with Crippen molar-refractivity contribution in [3.8, 4) is 0 Å². The first-order chi connectivity index (χ1) is 45.7. The normalized spacial score (nSPS) is 14.1. The molecule has 3 N–H and O–H groups in total. The Hall–Kier alpha value is -1.94. The molecule has 0 aromatic heterocycles. The van der Waals surface area contributed by atoms with Crippen molar-refractivity contribution in [2.24, 2.45) is 17.8 Å². The smallest absolute Gasteiger partial charge is 0.462 e. The lowest BCUT2D eigenvalue weighted by atomic mass is 10.0. The maximum absolute atomic E-state index is 13.1. The summed E-state index contributed by atoms with van der Waals surface area (Å²) < 4.78 is 68.5. The number of carbonyl (C=O) groups excluding carboxylic acids is 4. The average Bonchev–Trinajstić information content (AvgIpc) is 1.85. The van der Waals surface area contributed by atoms with Crippen LogP contribution in [0.15, 0.2) is 0 Å². The number of hydrogen-bond acceptors (Lipinski definition) is 15. The van der Waals surface area contributed by atoms with Gasteiger partial charge in [0.15, 0.2) is 12.2 Å². The second-order valence-electron chi connectivity index (χ2n) is 28.8.